The second-order valence-electron chi connectivity index (χ2n) is 4.92. The van der Waals surface area contributed by atoms with E-state index in [1.54, 1.807) is 32.4 Å². The standard InChI is InChI=1S/C15H25N3O3/c1-18(2)10-9-16-8-7-15(19)17-13-6-5-12(20-3)11-14(13)21-4/h5-6,11,16H,7-10H2,1-4H3,(H,17,19). The van der Waals surface area contributed by atoms with Crippen molar-refractivity contribution in [3.05, 3.63) is 18.2 Å². The van der Waals surface area contributed by atoms with Crippen LogP contribution in [0.1, 0.15) is 6.42 Å². The smallest absolute Gasteiger partial charge is 0.225 e. The lowest BCUT2D eigenvalue weighted by atomic mass is 10.2. The number of hydrogen-bond donors (Lipinski definition) is 2. The van der Waals surface area contributed by atoms with E-state index in [1.165, 1.54) is 0 Å². The minimum atomic E-state index is -0.0455. The molecular weight excluding hydrogens is 270 g/mol. The van der Waals surface area contributed by atoms with Crippen molar-refractivity contribution in [3.63, 3.8) is 0 Å². The van der Waals surface area contributed by atoms with Crippen LogP contribution in [-0.2, 0) is 4.79 Å². The number of carbonyl (C=O) groups excluding carboxylic acids is 1. The third-order valence-corrected chi connectivity index (χ3v) is 2.95. The first-order chi connectivity index (χ1) is 10.1. The molecule has 0 bridgehead atoms. The number of methoxy groups -OCH3 is 2. The van der Waals surface area contributed by atoms with Gasteiger partial charge in [0.05, 0.1) is 19.9 Å². The van der Waals surface area contributed by atoms with Crippen LogP contribution in [0.25, 0.3) is 0 Å². The van der Waals surface area contributed by atoms with E-state index in [-0.39, 0.29) is 5.91 Å². The highest BCUT2D eigenvalue weighted by molar-refractivity contribution is 5.92. The first-order valence-electron chi connectivity index (χ1n) is 6.94. The Morgan fingerprint density at radius 1 is 1.19 bits per heavy atom. The van der Waals surface area contributed by atoms with E-state index >= 15 is 0 Å². The van der Waals surface area contributed by atoms with Crippen LogP contribution < -0.4 is 20.1 Å². The van der Waals surface area contributed by atoms with Crippen LogP contribution in [-0.4, -0.2) is 58.8 Å². The van der Waals surface area contributed by atoms with Crippen molar-refractivity contribution in [2.45, 2.75) is 6.42 Å². The molecule has 0 aromatic heterocycles. The maximum Gasteiger partial charge on any atom is 0.225 e. The molecule has 0 aliphatic carbocycles. The summed E-state index contributed by atoms with van der Waals surface area (Å²) in [5, 5.41) is 6.07. The van der Waals surface area contributed by atoms with Crippen LogP contribution in [0.3, 0.4) is 0 Å². The Kier molecular flexibility index (Phi) is 7.56. The lowest BCUT2D eigenvalue weighted by Crippen LogP contribution is -2.29. The van der Waals surface area contributed by atoms with Crippen molar-refractivity contribution >= 4 is 11.6 Å². The van der Waals surface area contributed by atoms with Gasteiger partial charge in [-0.15, -0.1) is 0 Å². The molecule has 0 aliphatic rings. The average Bonchev–Trinajstić information content (AvgIpc) is 2.47. The number of hydrogen-bond acceptors (Lipinski definition) is 5. The predicted molar refractivity (Wildman–Crippen MR) is 84.2 cm³/mol. The van der Waals surface area contributed by atoms with Crippen LogP contribution in [0.2, 0.25) is 0 Å². The van der Waals surface area contributed by atoms with Crippen molar-refractivity contribution in [1.82, 2.24) is 10.2 Å². The molecule has 0 spiro atoms. The average molecular weight is 295 g/mol. The normalized spacial score (nSPS) is 10.5. The summed E-state index contributed by atoms with van der Waals surface area (Å²) >= 11 is 0. The van der Waals surface area contributed by atoms with E-state index in [0.717, 1.165) is 13.1 Å². The molecule has 0 atom stereocenters. The second kappa shape index (κ2) is 9.20. The van der Waals surface area contributed by atoms with Gasteiger partial charge < -0.3 is 25.0 Å². The molecule has 0 saturated carbocycles. The maximum atomic E-state index is 11.9. The molecule has 0 saturated heterocycles. The molecule has 1 rings (SSSR count). The number of rotatable bonds is 9. The molecular formula is C15H25N3O3. The number of likely N-dealkylation sites (N-methyl/N-ethyl adjacent to an activating group) is 1. The van der Waals surface area contributed by atoms with Crippen molar-refractivity contribution in [2.75, 3.05) is 53.3 Å². The number of carbonyl (C=O) groups is 1. The van der Waals surface area contributed by atoms with Gasteiger partial charge in [0.2, 0.25) is 5.91 Å². The van der Waals surface area contributed by atoms with Crippen molar-refractivity contribution in [2.24, 2.45) is 0 Å². The molecule has 118 valence electrons. The Bertz CT molecular complexity index is 450. The van der Waals surface area contributed by atoms with E-state index < -0.39 is 0 Å². The first-order valence-corrected chi connectivity index (χ1v) is 6.94. The van der Waals surface area contributed by atoms with Gasteiger partial charge in [-0.1, -0.05) is 0 Å². The summed E-state index contributed by atoms with van der Waals surface area (Å²) in [7, 11) is 7.19. The van der Waals surface area contributed by atoms with Crippen molar-refractivity contribution in [3.8, 4) is 11.5 Å². The van der Waals surface area contributed by atoms with Crippen LogP contribution in [0, 0.1) is 0 Å². The van der Waals surface area contributed by atoms with E-state index in [0.29, 0.717) is 30.2 Å². The molecule has 0 radical (unpaired) electrons. The third-order valence-electron chi connectivity index (χ3n) is 2.95. The molecule has 1 amide bonds. The van der Waals surface area contributed by atoms with Crippen molar-refractivity contribution in [1.29, 1.82) is 0 Å². The Balaban J connectivity index is 2.40. The molecule has 6 nitrogen and oxygen atoms in total. The highest BCUT2D eigenvalue weighted by Gasteiger charge is 2.08. The fraction of sp³-hybridized carbons (Fsp3) is 0.533. The minimum Gasteiger partial charge on any atom is -0.497 e. The molecule has 0 aliphatic heterocycles. The second-order valence-corrected chi connectivity index (χ2v) is 4.92. The number of nitrogens with zero attached hydrogens (tertiary/aromatic N) is 1. The van der Waals surface area contributed by atoms with E-state index in [9.17, 15) is 4.79 Å². The Morgan fingerprint density at radius 2 is 1.95 bits per heavy atom. The zero-order valence-corrected chi connectivity index (χ0v) is 13.2. The van der Waals surface area contributed by atoms with Gasteiger partial charge in [-0.25, -0.2) is 0 Å². The Hall–Kier alpha value is -1.79. The van der Waals surface area contributed by atoms with Crippen molar-refractivity contribution < 1.29 is 14.3 Å². The Morgan fingerprint density at radius 3 is 2.57 bits per heavy atom. The fourth-order valence-electron chi connectivity index (χ4n) is 1.74. The van der Waals surface area contributed by atoms with Gasteiger partial charge in [0, 0.05) is 32.1 Å². The van der Waals surface area contributed by atoms with Crippen LogP contribution in [0.15, 0.2) is 18.2 Å². The number of anilines is 1. The van der Waals surface area contributed by atoms with E-state index in [2.05, 4.69) is 15.5 Å². The molecule has 0 fully saturated rings. The topological polar surface area (TPSA) is 62.8 Å². The highest BCUT2D eigenvalue weighted by atomic mass is 16.5. The Labute approximate surface area is 126 Å². The van der Waals surface area contributed by atoms with Gasteiger partial charge in [0.25, 0.3) is 0 Å². The van der Waals surface area contributed by atoms with Gasteiger partial charge in [-0.3, -0.25) is 4.79 Å². The van der Waals surface area contributed by atoms with Gasteiger partial charge in [-0.05, 0) is 26.2 Å². The van der Waals surface area contributed by atoms with Gasteiger partial charge >= 0.3 is 0 Å². The van der Waals surface area contributed by atoms with Crippen LogP contribution in [0.5, 0.6) is 11.5 Å². The molecule has 0 unspecified atom stereocenters. The monoisotopic (exact) mass is 295 g/mol. The zero-order valence-electron chi connectivity index (χ0n) is 13.2. The molecule has 0 heterocycles. The van der Waals surface area contributed by atoms with Crippen LogP contribution in [0.4, 0.5) is 5.69 Å². The summed E-state index contributed by atoms with van der Waals surface area (Å²) in [5.74, 6) is 1.23. The van der Waals surface area contributed by atoms with Gasteiger partial charge in [0.1, 0.15) is 11.5 Å². The molecule has 2 N–H and O–H groups in total. The quantitative estimate of drug-likeness (QED) is 0.670. The lowest BCUT2D eigenvalue weighted by molar-refractivity contribution is -0.116. The maximum absolute atomic E-state index is 11.9. The summed E-state index contributed by atoms with van der Waals surface area (Å²) in [5.41, 5.74) is 0.650. The zero-order chi connectivity index (χ0) is 15.7. The first kappa shape index (κ1) is 17.3. The largest absolute Gasteiger partial charge is 0.497 e. The van der Waals surface area contributed by atoms with Gasteiger partial charge in [-0.2, -0.15) is 0 Å². The minimum absolute atomic E-state index is 0.0455. The summed E-state index contributed by atoms with van der Waals surface area (Å²) in [6, 6.07) is 5.30. The third kappa shape index (κ3) is 6.46. The highest BCUT2D eigenvalue weighted by Crippen LogP contribution is 2.28. The predicted octanol–water partition coefficient (Wildman–Crippen LogP) is 1.18. The SMILES string of the molecule is COc1ccc(NC(=O)CCNCCN(C)C)c(OC)c1. The van der Waals surface area contributed by atoms with E-state index in [4.69, 9.17) is 9.47 Å². The summed E-state index contributed by atoms with van der Waals surface area (Å²) in [4.78, 5) is 14.0. The number of nitrogens with one attached hydrogen (secondary N) is 2. The number of ether oxygens (including phenoxy) is 2. The number of benzene rings is 1. The molecule has 21 heavy (non-hydrogen) atoms. The van der Waals surface area contributed by atoms with Crippen LogP contribution >= 0.6 is 0 Å². The summed E-state index contributed by atoms with van der Waals surface area (Å²) in [6.07, 6.45) is 0.419. The van der Waals surface area contributed by atoms with E-state index in [1.807, 2.05) is 14.1 Å². The summed E-state index contributed by atoms with van der Waals surface area (Å²) in [6.45, 7) is 2.47. The fourth-order valence-corrected chi connectivity index (χ4v) is 1.74. The van der Waals surface area contributed by atoms with Gasteiger partial charge in [0.15, 0.2) is 0 Å². The molecule has 6 heteroatoms. The summed E-state index contributed by atoms with van der Waals surface area (Å²) < 4.78 is 10.4. The number of amides is 1. The molecule has 1 aromatic rings. The molecule has 1 aromatic carbocycles. The lowest BCUT2D eigenvalue weighted by Gasteiger charge is -2.12.